The van der Waals surface area contributed by atoms with E-state index in [2.05, 4.69) is 4.20 Å². The van der Waals surface area contributed by atoms with Crippen LogP contribution in [0.1, 0.15) is 18.9 Å². The van der Waals surface area contributed by atoms with Crippen molar-refractivity contribution in [2.75, 3.05) is 0 Å². The van der Waals surface area contributed by atoms with Crippen LogP contribution >= 0.6 is 0 Å². The molecule has 0 aliphatic heterocycles. The zero-order valence-corrected chi connectivity index (χ0v) is 9.88. The quantitative estimate of drug-likeness (QED) is 0.876. The van der Waals surface area contributed by atoms with Gasteiger partial charge in [-0.05, 0) is 0 Å². The summed E-state index contributed by atoms with van der Waals surface area (Å²) in [5, 5.41) is 9.94. The van der Waals surface area contributed by atoms with E-state index in [1.54, 1.807) is 0 Å². The summed E-state index contributed by atoms with van der Waals surface area (Å²) in [5.41, 5.74) is 0.210. The van der Waals surface area contributed by atoms with Crippen LogP contribution in [0.2, 0.25) is 0 Å². The van der Waals surface area contributed by atoms with Crippen LogP contribution in [-0.2, 0) is 24.8 Å². The van der Waals surface area contributed by atoms with Crippen LogP contribution in [0.5, 0.6) is 0 Å². The van der Waals surface area contributed by atoms with Crippen LogP contribution in [0.25, 0.3) is 0 Å². The number of aliphatic hydroxyl groups is 1. The van der Waals surface area contributed by atoms with Crippen LogP contribution < -0.4 is 0 Å². The summed E-state index contributed by atoms with van der Waals surface area (Å²) >= 11 is 1.28. The summed E-state index contributed by atoms with van der Waals surface area (Å²) in [7, 11) is 0. The second kappa shape index (κ2) is 4.05. The summed E-state index contributed by atoms with van der Waals surface area (Å²) in [6.45, 7) is 1.82. The molecule has 0 amide bonds. The Morgan fingerprint density at radius 3 is 2.50 bits per heavy atom. The molecule has 62 valence electrons. The Morgan fingerprint density at radius 2 is 2.00 bits per heavy atom. The Bertz CT molecular complexity index is 284. The molecule has 1 aromatic carbocycles. The van der Waals surface area contributed by atoms with E-state index in [1.165, 1.54) is 19.2 Å². The number of benzene rings is 1. The van der Waals surface area contributed by atoms with Crippen molar-refractivity contribution in [2.24, 2.45) is 0 Å². The molecular formula is C10H11OW+. The van der Waals surface area contributed by atoms with Gasteiger partial charge in [-0.15, -0.1) is 0 Å². The minimum atomic E-state index is -0.747. The molecule has 0 heterocycles. The maximum atomic E-state index is 9.94. The van der Waals surface area contributed by atoms with Gasteiger partial charge in [0.1, 0.15) is 0 Å². The molecule has 0 spiro atoms. The molecule has 1 N–H and O–H groups in total. The van der Waals surface area contributed by atoms with E-state index in [9.17, 15) is 5.11 Å². The van der Waals surface area contributed by atoms with Crippen molar-refractivity contribution in [1.29, 1.82) is 0 Å². The Labute approximate surface area is 83.4 Å². The summed E-state index contributed by atoms with van der Waals surface area (Å²) in [6.07, 6.45) is 0.604. The normalized spacial score (nSPS) is 14.8. The zero-order chi connectivity index (χ0) is 9.03. The van der Waals surface area contributed by atoms with E-state index in [-0.39, 0.29) is 0 Å². The van der Waals surface area contributed by atoms with Crippen LogP contribution in [-0.4, -0.2) is 5.11 Å². The molecule has 1 unspecified atom stereocenters. The van der Waals surface area contributed by atoms with E-state index >= 15 is 0 Å². The summed E-state index contributed by atoms with van der Waals surface area (Å²) in [6, 6.07) is 9.70. The first-order valence-electron chi connectivity index (χ1n) is 3.80. The average molecular weight is 331 g/mol. The van der Waals surface area contributed by atoms with Crippen molar-refractivity contribution in [3.8, 4) is 4.20 Å². The van der Waals surface area contributed by atoms with Gasteiger partial charge in [-0.2, -0.15) is 0 Å². The van der Waals surface area contributed by atoms with Crippen molar-refractivity contribution >= 4 is 0 Å². The fraction of sp³-hybridized carbons (Fsp3) is 0.300. The zero-order valence-electron chi connectivity index (χ0n) is 6.95. The fourth-order valence-electron chi connectivity index (χ4n) is 1.04. The first kappa shape index (κ1) is 9.73. The second-order valence-corrected chi connectivity index (χ2v) is 4.00. The van der Waals surface area contributed by atoms with E-state index in [0.717, 1.165) is 5.56 Å². The van der Waals surface area contributed by atoms with Crippen LogP contribution in [0.3, 0.4) is 0 Å². The molecule has 0 aliphatic rings. The first-order chi connectivity index (χ1) is 5.67. The predicted octanol–water partition coefficient (Wildman–Crippen LogP) is 1.79. The molecule has 1 nitrogen and oxygen atoms in total. The van der Waals surface area contributed by atoms with Gasteiger partial charge in [0.15, 0.2) is 0 Å². The van der Waals surface area contributed by atoms with Gasteiger partial charge in [0.05, 0.1) is 0 Å². The molecule has 2 heteroatoms. The third kappa shape index (κ3) is 2.32. The molecule has 0 bridgehead atoms. The summed E-state index contributed by atoms with van der Waals surface area (Å²) in [4.78, 5) is 0. The standard InChI is InChI=1S/C10H11O.W/c1-3-10(2,11)9-7-5-4-6-8-9;/h4-8,11H,3H2,2H3;/q;+1. The Morgan fingerprint density at radius 1 is 1.42 bits per heavy atom. The summed E-state index contributed by atoms with van der Waals surface area (Å²) < 4.78 is 3.04. The van der Waals surface area contributed by atoms with Crippen LogP contribution in [0.15, 0.2) is 30.3 Å². The Hall–Kier alpha value is -0.352. The van der Waals surface area contributed by atoms with Gasteiger partial charge >= 0.3 is 83.3 Å². The first-order valence-corrected chi connectivity index (χ1v) is 5.26. The monoisotopic (exact) mass is 331 g/mol. The average Bonchev–Trinajstić information content (AvgIpc) is 2.06. The topological polar surface area (TPSA) is 20.2 Å². The van der Waals surface area contributed by atoms with E-state index < -0.39 is 5.60 Å². The van der Waals surface area contributed by atoms with Crippen molar-refractivity contribution in [3.05, 3.63) is 35.9 Å². The van der Waals surface area contributed by atoms with Gasteiger partial charge in [-0.25, -0.2) is 0 Å². The molecular weight excluding hydrogens is 320 g/mol. The maximum absolute atomic E-state index is 9.94. The molecule has 0 radical (unpaired) electrons. The molecule has 0 saturated carbocycles. The van der Waals surface area contributed by atoms with Crippen molar-refractivity contribution in [1.82, 2.24) is 0 Å². The van der Waals surface area contributed by atoms with Gasteiger partial charge in [0.25, 0.3) is 0 Å². The van der Waals surface area contributed by atoms with E-state index in [0.29, 0.717) is 6.42 Å². The van der Waals surface area contributed by atoms with Crippen molar-refractivity contribution < 1.29 is 24.3 Å². The summed E-state index contributed by atoms with van der Waals surface area (Å²) in [5.74, 6) is 0. The van der Waals surface area contributed by atoms with Crippen molar-refractivity contribution in [3.63, 3.8) is 0 Å². The van der Waals surface area contributed by atoms with Gasteiger partial charge < -0.3 is 0 Å². The molecule has 1 rings (SSSR count). The van der Waals surface area contributed by atoms with Crippen LogP contribution in [0, 0.1) is 4.20 Å². The molecule has 12 heavy (non-hydrogen) atoms. The molecule has 1 aromatic rings. The van der Waals surface area contributed by atoms with Crippen LogP contribution in [0.4, 0.5) is 0 Å². The molecule has 0 fully saturated rings. The molecule has 0 aliphatic carbocycles. The molecule has 1 atom stereocenters. The molecule has 0 aromatic heterocycles. The van der Waals surface area contributed by atoms with E-state index in [1.807, 2.05) is 37.3 Å². The van der Waals surface area contributed by atoms with Gasteiger partial charge in [0, 0.05) is 0 Å². The predicted molar refractivity (Wildman–Crippen MR) is 44.5 cm³/mol. The minimum absolute atomic E-state index is 0.604. The van der Waals surface area contributed by atoms with Gasteiger partial charge in [-0.3, -0.25) is 0 Å². The van der Waals surface area contributed by atoms with Gasteiger partial charge in [-0.1, -0.05) is 0 Å². The number of hydrogen-bond donors (Lipinski definition) is 1. The Kier molecular flexibility index (Phi) is 3.28. The van der Waals surface area contributed by atoms with Crippen molar-refractivity contribution in [2.45, 2.75) is 18.9 Å². The number of hydrogen-bond acceptors (Lipinski definition) is 1. The van der Waals surface area contributed by atoms with Gasteiger partial charge in [0.2, 0.25) is 0 Å². The number of rotatable bonds is 2. The second-order valence-electron chi connectivity index (χ2n) is 2.96. The molecule has 0 saturated heterocycles. The third-order valence-electron chi connectivity index (χ3n) is 1.81. The Balaban J connectivity index is 2.91. The third-order valence-corrected chi connectivity index (χ3v) is 2.33. The fourth-order valence-corrected chi connectivity index (χ4v) is 2.05. The van der Waals surface area contributed by atoms with E-state index in [4.69, 9.17) is 0 Å². The SMILES string of the molecule is CC(O)(C[C]#[W+])c1ccccc1.